The lowest BCUT2D eigenvalue weighted by molar-refractivity contribution is 0.622. The molecule has 0 saturated carbocycles. The zero-order valence-electron chi connectivity index (χ0n) is 9.15. The van der Waals surface area contributed by atoms with E-state index in [2.05, 4.69) is 26.2 Å². The molecule has 0 aliphatic rings. The zero-order chi connectivity index (χ0) is 13.1. The number of nitrogens with two attached hydrogens (primary N) is 1. The summed E-state index contributed by atoms with van der Waals surface area (Å²) in [6, 6.07) is 8.16. The number of pyridine rings is 1. The summed E-state index contributed by atoms with van der Waals surface area (Å²) in [4.78, 5) is 4.40. The lowest BCUT2D eigenvalue weighted by Crippen LogP contribution is -2.09. The van der Waals surface area contributed by atoms with Crippen molar-refractivity contribution in [3.05, 3.63) is 52.4 Å². The summed E-state index contributed by atoms with van der Waals surface area (Å²) in [6.07, 6.45) is 1.59. The van der Waals surface area contributed by atoms with Crippen LogP contribution < -0.4 is 11.1 Å². The van der Waals surface area contributed by atoms with E-state index < -0.39 is 0 Å². The molecule has 0 saturated heterocycles. The normalized spacial score (nSPS) is 10.1. The average molecular weight is 326 g/mol. The molecule has 1 heterocycles. The zero-order valence-corrected chi connectivity index (χ0v) is 11.6. The van der Waals surface area contributed by atoms with Gasteiger partial charge >= 0.3 is 0 Å². The Morgan fingerprint density at radius 2 is 2.11 bits per heavy atom. The molecule has 2 aromatic rings. The van der Waals surface area contributed by atoms with E-state index in [1.165, 1.54) is 6.07 Å². The summed E-state index contributed by atoms with van der Waals surface area (Å²) < 4.78 is 13.8. The minimum atomic E-state index is -0.342. The van der Waals surface area contributed by atoms with Gasteiger partial charge in [-0.1, -0.05) is 12.2 Å². The molecule has 0 radical (unpaired) electrons. The van der Waals surface area contributed by atoms with Crippen LogP contribution in [0.25, 0.3) is 0 Å². The van der Waals surface area contributed by atoms with Crippen LogP contribution >= 0.6 is 28.1 Å². The first-order valence-corrected chi connectivity index (χ1v) is 6.24. The average Bonchev–Trinajstić information content (AvgIpc) is 2.34. The van der Waals surface area contributed by atoms with Gasteiger partial charge in [0.05, 0.1) is 4.47 Å². The van der Waals surface area contributed by atoms with Gasteiger partial charge in [-0.2, -0.15) is 0 Å². The van der Waals surface area contributed by atoms with E-state index in [9.17, 15) is 4.39 Å². The fourth-order valence-corrected chi connectivity index (χ4v) is 1.75. The lowest BCUT2D eigenvalue weighted by Gasteiger charge is -2.07. The van der Waals surface area contributed by atoms with Gasteiger partial charge in [0.1, 0.15) is 16.6 Å². The fraction of sp³-hybridized carbons (Fsp3) is 0. The van der Waals surface area contributed by atoms with Crippen LogP contribution in [0, 0.1) is 5.82 Å². The van der Waals surface area contributed by atoms with E-state index in [0.29, 0.717) is 26.5 Å². The Kier molecular flexibility index (Phi) is 3.88. The van der Waals surface area contributed by atoms with Gasteiger partial charge in [-0.15, -0.1) is 0 Å². The Morgan fingerprint density at radius 1 is 1.33 bits per heavy atom. The minimum absolute atomic E-state index is 0.294. The van der Waals surface area contributed by atoms with Gasteiger partial charge in [-0.25, -0.2) is 9.37 Å². The predicted molar refractivity (Wildman–Crippen MR) is 77.5 cm³/mol. The molecule has 1 aromatic carbocycles. The SMILES string of the molecule is NC(=S)c1ccnc(Nc2ccc(Br)c(F)c2)c1. The summed E-state index contributed by atoms with van der Waals surface area (Å²) in [7, 11) is 0. The molecule has 2 rings (SSSR count). The van der Waals surface area contributed by atoms with Gasteiger partial charge in [-0.3, -0.25) is 0 Å². The molecule has 0 aliphatic carbocycles. The molecule has 6 heteroatoms. The standard InChI is InChI=1S/C12H9BrFN3S/c13-9-2-1-8(6-10(9)14)17-11-5-7(12(15)18)3-4-16-11/h1-6H,(H2,15,18)(H,16,17). The van der Waals surface area contributed by atoms with Crippen LogP contribution in [0.5, 0.6) is 0 Å². The molecular formula is C12H9BrFN3S. The van der Waals surface area contributed by atoms with Gasteiger partial charge < -0.3 is 11.1 Å². The molecule has 0 unspecified atom stereocenters. The quantitative estimate of drug-likeness (QED) is 0.849. The number of rotatable bonds is 3. The van der Waals surface area contributed by atoms with E-state index in [-0.39, 0.29) is 5.82 Å². The van der Waals surface area contributed by atoms with Crippen LogP contribution in [0.15, 0.2) is 41.0 Å². The highest BCUT2D eigenvalue weighted by molar-refractivity contribution is 9.10. The topological polar surface area (TPSA) is 50.9 Å². The number of hydrogen-bond donors (Lipinski definition) is 2. The second-order valence-electron chi connectivity index (χ2n) is 3.55. The highest BCUT2D eigenvalue weighted by Crippen LogP contribution is 2.21. The van der Waals surface area contributed by atoms with E-state index in [1.807, 2.05) is 0 Å². The van der Waals surface area contributed by atoms with Crippen molar-refractivity contribution in [2.45, 2.75) is 0 Å². The Hall–Kier alpha value is -1.53. The third-order valence-corrected chi connectivity index (χ3v) is 3.12. The van der Waals surface area contributed by atoms with E-state index >= 15 is 0 Å². The molecule has 0 spiro atoms. The molecule has 0 aliphatic heterocycles. The summed E-state index contributed by atoms with van der Waals surface area (Å²) >= 11 is 7.97. The number of nitrogens with one attached hydrogen (secondary N) is 1. The van der Waals surface area contributed by atoms with Crippen molar-refractivity contribution in [1.29, 1.82) is 0 Å². The number of nitrogens with zero attached hydrogens (tertiary/aromatic N) is 1. The second kappa shape index (κ2) is 5.41. The van der Waals surface area contributed by atoms with Crippen LogP contribution in [0.3, 0.4) is 0 Å². The summed E-state index contributed by atoms with van der Waals surface area (Å²) in [5.41, 5.74) is 6.84. The third-order valence-electron chi connectivity index (χ3n) is 2.24. The molecule has 18 heavy (non-hydrogen) atoms. The third kappa shape index (κ3) is 3.02. The van der Waals surface area contributed by atoms with Crippen molar-refractivity contribution in [3.63, 3.8) is 0 Å². The summed E-state index contributed by atoms with van der Waals surface area (Å²) in [5, 5.41) is 2.98. The Labute approximate surface area is 117 Å². The van der Waals surface area contributed by atoms with Crippen LogP contribution in [-0.2, 0) is 0 Å². The second-order valence-corrected chi connectivity index (χ2v) is 4.84. The summed E-state index contributed by atoms with van der Waals surface area (Å²) in [6.45, 7) is 0. The Morgan fingerprint density at radius 3 is 2.78 bits per heavy atom. The maximum Gasteiger partial charge on any atom is 0.139 e. The largest absolute Gasteiger partial charge is 0.389 e. The van der Waals surface area contributed by atoms with Crippen LogP contribution in [-0.4, -0.2) is 9.97 Å². The molecular weight excluding hydrogens is 317 g/mol. The van der Waals surface area contributed by atoms with Crippen molar-refractivity contribution in [3.8, 4) is 0 Å². The van der Waals surface area contributed by atoms with Crippen LogP contribution in [0.2, 0.25) is 0 Å². The lowest BCUT2D eigenvalue weighted by atomic mass is 10.2. The Bertz CT molecular complexity index is 604. The molecule has 1 aromatic heterocycles. The number of thiocarbonyl (C=S) groups is 1. The first-order chi connectivity index (χ1) is 8.56. The molecule has 92 valence electrons. The van der Waals surface area contributed by atoms with Crippen molar-refractivity contribution in [1.82, 2.24) is 4.98 Å². The van der Waals surface area contributed by atoms with Crippen LogP contribution in [0.1, 0.15) is 5.56 Å². The molecule has 3 N–H and O–H groups in total. The predicted octanol–water partition coefficient (Wildman–Crippen LogP) is 3.36. The number of halogens is 2. The Balaban J connectivity index is 2.25. The molecule has 3 nitrogen and oxygen atoms in total. The van der Waals surface area contributed by atoms with E-state index in [1.54, 1.807) is 30.5 Å². The molecule has 0 fully saturated rings. The van der Waals surface area contributed by atoms with Gasteiger partial charge in [0.15, 0.2) is 0 Å². The first-order valence-electron chi connectivity index (χ1n) is 5.04. The van der Waals surface area contributed by atoms with E-state index in [4.69, 9.17) is 18.0 Å². The first kappa shape index (κ1) is 12.9. The van der Waals surface area contributed by atoms with Crippen molar-refractivity contribution in [2.24, 2.45) is 5.73 Å². The van der Waals surface area contributed by atoms with Gasteiger partial charge in [-0.05, 0) is 46.3 Å². The maximum atomic E-state index is 13.3. The van der Waals surface area contributed by atoms with Crippen molar-refractivity contribution >= 4 is 44.6 Å². The molecule has 0 bridgehead atoms. The van der Waals surface area contributed by atoms with E-state index in [0.717, 1.165) is 0 Å². The number of benzene rings is 1. The van der Waals surface area contributed by atoms with Crippen molar-refractivity contribution < 1.29 is 4.39 Å². The summed E-state index contributed by atoms with van der Waals surface area (Å²) in [5.74, 6) is 0.215. The van der Waals surface area contributed by atoms with Gasteiger partial charge in [0.2, 0.25) is 0 Å². The number of aromatic nitrogens is 1. The monoisotopic (exact) mass is 325 g/mol. The minimum Gasteiger partial charge on any atom is -0.389 e. The highest BCUT2D eigenvalue weighted by atomic mass is 79.9. The van der Waals surface area contributed by atoms with Crippen LogP contribution in [0.4, 0.5) is 15.9 Å². The smallest absolute Gasteiger partial charge is 0.139 e. The maximum absolute atomic E-state index is 13.3. The van der Waals surface area contributed by atoms with Gasteiger partial charge in [0, 0.05) is 17.4 Å². The fourth-order valence-electron chi connectivity index (χ4n) is 1.37. The number of hydrogen-bond acceptors (Lipinski definition) is 3. The molecule has 0 amide bonds. The van der Waals surface area contributed by atoms with Crippen molar-refractivity contribution in [2.75, 3.05) is 5.32 Å². The van der Waals surface area contributed by atoms with Gasteiger partial charge in [0.25, 0.3) is 0 Å². The molecule has 0 atom stereocenters. The highest BCUT2D eigenvalue weighted by Gasteiger charge is 2.03. The number of anilines is 2.